The smallest absolute Gasteiger partial charge is 0.232 e. The molecule has 0 atom stereocenters. The quantitative estimate of drug-likeness (QED) is 0.402. The number of aromatic nitrogens is 2. The van der Waals surface area contributed by atoms with Gasteiger partial charge in [0.2, 0.25) is 5.91 Å². The summed E-state index contributed by atoms with van der Waals surface area (Å²) in [5.41, 5.74) is 3.32. The fourth-order valence-corrected chi connectivity index (χ4v) is 3.82. The number of thioether (sulfide) groups is 1. The van der Waals surface area contributed by atoms with Gasteiger partial charge in [-0.05, 0) is 38.0 Å². The van der Waals surface area contributed by atoms with Crippen molar-refractivity contribution in [2.24, 2.45) is 0 Å². The Morgan fingerprint density at radius 1 is 1.13 bits per heavy atom. The molecule has 7 heteroatoms. The van der Waals surface area contributed by atoms with Crippen LogP contribution in [-0.2, 0) is 11.2 Å². The SMILES string of the molecule is CC(=O)c1ccc(SCC(=O)N(C)CCCc2cc(-c3ccccc3)n[nH]2)c(F)c1. The molecule has 0 aliphatic heterocycles. The van der Waals surface area contributed by atoms with Gasteiger partial charge in [0.05, 0.1) is 11.4 Å². The molecule has 1 N–H and O–H groups in total. The van der Waals surface area contributed by atoms with Gasteiger partial charge in [-0.3, -0.25) is 14.7 Å². The highest BCUT2D eigenvalue weighted by Crippen LogP contribution is 2.23. The lowest BCUT2D eigenvalue weighted by atomic mass is 10.1. The van der Waals surface area contributed by atoms with E-state index in [0.29, 0.717) is 17.0 Å². The molecule has 2 aromatic carbocycles. The van der Waals surface area contributed by atoms with E-state index in [0.717, 1.165) is 41.6 Å². The van der Waals surface area contributed by atoms with Crippen molar-refractivity contribution < 1.29 is 14.0 Å². The van der Waals surface area contributed by atoms with Crippen LogP contribution in [0.4, 0.5) is 4.39 Å². The van der Waals surface area contributed by atoms with Crippen molar-refractivity contribution in [3.8, 4) is 11.3 Å². The van der Waals surface area contributed by atoms with Crippen molar-refractivity contribution in [1.29, 1.82) is 0 Å². The van der Waals surface area contributed by atoms with Crippen molar-refractivity contribution in [3.05, 3.63) is 71.7 Å². The van der Waals surface area contributed by atoms with E-state index in [1.54, 1.807) is 24.1 Å². The molecule has 0 fully saturated rings. The third kappa shape index (κ3) is 5.79. The number of aryl methyl sites for hydroxylation is 1. The predicted octanol–water partition coefficient (Wildman–Crippen LogP) is 4.60. The van der Waals surface area contributed by atoms with Gasteiger partial charge in [0, 0.05) is 35.3 Å². The maximum atomic E-state index is 14.1. The molecule has 3 aromatic rings. The molecule has 30 heavy (non-hydrogen) atoms. The number of nitrogens with one attached hydrogen (secondary N) is 1. The molecule has 0 aliphatic rings. The molecular weight excluding hydrogens is 401 g/mol. The zero-order chi connectivity index (χ0) is 21.5. The minimum atomic E-state index is -0.475. The van der Waals surface area contributed by atoms with Crippen LogP contribution in [0.1, 0.15) is 29.4 Å². The first kappa shape index (κ1) is 21.8. The average Bonchev–Trinajstić information content (AvgIpc) is 3.22. The molecule has 3 rings (SSSR count). The number of carbonyl (C=O) groups is 2. The average molecular weight is 426 g/mol. The lowest BCUT2D eigenvalue weighted by molar-refractivity contribution is -0.127. The number of benzene rings is 2. The van der Waals surface area contributed by atoms with Gasteiger partial charge in [0.1, 0.15) is 5.82 Å². The van der Waals surface area contributed by atoms with E-state index in [9.17, 15) is 14.0 Å². The van der Waals surface area contributed by atoms with E-state index in [4.69, 9.17) is 0 Å². The minimum absolute atomic E-state index is 0.0652. The zero-order valence-electron chi connectivity index (χ0n) is 17.0. The Hall–Kier alpha value is -2.93. The first-order valence-corrected chi connectivity index (χ1v) is 10.7. The van der Waals surface area contributed by atoms with Crippen LogP contribution in [-0.4, -0.2) is 46.1 Å². The summed E-state index contributed by atoms with van der Waals surface area (Å²) in [6, 6.07) is 16.3. The second kappa shape index (κ2) is 10.2. The molecule has 0 spiro atoms. The third-order valence-corrected chi connectivity index (χ3v) is 5.79. The number of carbonyl (C=O) groups excluding carboxylic acids is 2. The number of H-pyrrole nitrogens is 1. The van der Waals surface area contributed by atoms with Gasteiger partial charge in [-0.1, -0.05) is 36.4 Å². The summed E-state index contributed by atoms with van der Waals surface area (Å²) in [4.78, 5) is 25.7. The summed E-state index contributed by atoms with van der Waals surface area (Å²) in [6.45, 7) is 2.00. The van der Waals surface area contributed by atoms with Gasteiger partial charge in [-0.15, -0.1) is 11.8 Å². The summed E-state index contributed by atoms with van der Waals surface area (Å²) in [5.74, 6) is -0.578. The summed E-state index contributed by atoms with van der Waals surface area (Å²) in [7, 11) is 1.75. The summed E-state index contributed by atoms with van der Waals surface area (Å²) in [5, 5.41) is 7.39. The molecule has 0 aliphatic carbocycles. The van der Waals surface area contributed by atoms with Crippen LogP contribution < -0.4 is 0 Å². The topological polar surface area (TPSA) is 66.1 Å². The lowest BCUT2D eigenvalue weighted by Gasteiger charge is -2.16. The van der Waals surface area contributed by atoms with Crippen LogP contribution >= 0.6 is 11.8 Å². The maximum absolute atomic E-state index is 14.1. The molecule has 1 amide bonds. The number of ketones is 1. The molecule has 0 radical (unpaired) electrons. The van der Waals surface area contributed by atoms with Gasteiger partial charge in [-0.25, -0.2) is 4.39 Å². The molecule has 5 nitrogen and oxygen atoms in total. The number of nitrogens with zero attached hydrogens (tertiary/aromatic N) is 2. The van der Waals surface area contributed by atoms with Gasteiger partial charge in [0.15, 0.2) is 5.78 Å². The monoisotopic (exact) mass is 425 g/mol. The highest BCUT2D eigenvalue weighted by molar-refractivity contribution is 8.00. The Balaban J connectivity index is 1.44. The van der Waals surface area contributed by atoms with Crippen molar-refractivity contribution in [2.45, 2.75) is 24.7 Å². The van der Waals surface area contributed by atoms with Crippen LogP contribution in [0.15, 0.2) is 59.5 Å². The van der Waals surface area contributed by atoms with E-state index in [1.807, 2.05) is 36.4 Å². The number of halogens is 1. The van der Waals surface area contributed by atoms with Crippen LogP contribution in [0.25, 0.3) is 11.3 Å². The van der Waals surface area contributed by atoms with Crippen LogP contribution in [0.5, 0.6) is 0 Å². The molecule has 156 valence electrons. The second-order valence-electron chi connectivity index (χ2n) is 7.05. The Kier molecular flexibility index (Phi) is 7.41. The van der Waals surface area contributed by atoms with Crippen LogP contribution in [0.3, 0.4) is 0 Å². The normalized spacial score (nSPS) is 10.8. The zero-order valence-corrected chi connectivity index (χ0v) is 17.8. The molecule has 0 unspecified atom stereocenters. The Bertz CT molecular complexity index is 1020. The maximum Gasteiger partial charge on any atom is 0.232 e. The molecule has 1 heterocycles. The number of rotatable bonds is 9. The van der Waals surface area contributed by atoms with Gasteiger partial charge >= 0.3 is 0 Å². The minimum Gasteiger partial charge on any atom is -0.345 e. The number of hydrogen-bond acceptors (Lipinski definition) is 4. The molecule has 0 bridgehead atoms. The summed E-state index contributed by atoms with van der Waals surface area (Å²) >= 11 is 1.14. The van der Waals surface area contributed by atoms with Crippen molar-refractivity contribution in [3.63, 3.8) is 0 Å². The predicted molar refractivity (Wildman–Crippen MR) is 117 cm³/mol. The Labute approximate surface area is 179 Å². The number of hydrogen-bond donors (Lipinski definition) is 1. The largest absolute Gasteiger partial charge is 0.345 e. The van der Waals surface area contributed by atoms with E-state index in [-0.39, 0.29) is 17.4 Å². The second-order valence-corrected chi connectivity index (χ2v) is 8.07. The number of aromatic amines is 1. The fourth-order valence-electron chi connectivity index (χ4n) is 2.96. The van der Waals surface area contributed by atoms with Crippen molar-refractivity contribution in [2.75, 3.05) is 19.3 Å². The Morgan fingerprint density at radius 3 is 2.60 bits per heavy atom. The van der Waals surface area contributed by atoms with Crippen molar-refractivity contribution in [1.82, 2.24) is 15.1 Å². The fraction of sp³-hybridized carbons (Fsp3) is 0.261. The standard InChI is InChI=1S/C23H24FN3O2S/c1-16(28)18-10-11-22(20(24)13-18)30-15-23(29)27(2)12-6-9-19-14-21(26-25-19)17-7-4-3-5-8-17/h3-5,7-8,10-11,13-14H,6,9,12,15H2,1-2H3,(H,25,26). The van der Waals surface area contributed by atoms with Gasteiger partial charge < -0.3 is 4.90 Å². The van der Waals surface area contributed by atoms with E-state index in [2.05, 4.69) is 10.2 Å². The van der Waals surface area contributed by atoms with E-state index in [1.165, 1.54) is 13.0 Å². The van der Waals surface area contributed by atoms with E-state index >= 15 is 0 Å². The van der Waals surface area contributed by atoms with Gasteiger partial charge in [0.25, 0.3) is 0 Å². The van der Waals surface area contributed by atoms with Crippen molar-refractivity contribution >= 4 is 23.5 Å². The van der Waals surface area contributed by atoms with Crippen LogP contribution in [0.2, 0.25) is 0 Å². The lowest BCUT2D eigenvalue weighted by Crippen LogP contribution is -2.29. The highest BCUT2D eigenvalue weighted by atomic mass is 32.2. The first-order valence-electron chi connectivity index (χ1n) is 9.71. The van der Waals surface area contributed by atoms with E-state index < -0.39 is 5.82 Å². The summed E-state index contributed by atoms with van der Waals surface area (Å²) < 4.78 is 14.1. The molecule has 0 saturated carbocycles. The molecular formula is C23H24FN3O2S. The third-order valence-electron chi connectivity index (χ3n) is 4.76. The van der Waals surface area contributed by atoms with Crippen LogP contribution in [0, 0.1) is 5.82 Å². The summed E-state index contributed by atoms with van der Waals surface area (Å²) in [6.07, 6.45) is 1.58. The number of amides is 1. The first-order chi connectivity index (χ1) is 14.4. The number of Topliss-reactive ketones (excluding diaryl/α,β-unsaturated/α-hetero) is 1. The van der Waals surface area contributed by atoms with Gasteiger partial charge in [-0.2, -0.15) is 5.10 Å². The Morgan fingerprint density at radius 2 is 1.90 bits per heavy atom. The molecule has 0 saturated heterocycles. The molecule has 1 aromatic heterocycles. The highest BCUT2D eigenvalue weighted by Gasteiger charge is 2.13.